The van der Waals surface area contributed by atoms with Gasteiger partial charge in [0.1, 0.15) is 11.9 Å². The van der Waals surface area contributed by atoms with Crippen LogP contribution in [0.3, 0.4) is 0 Å². The minimum Gasteiger partial charge on any atom is -0.489 e. The first-order valence-corrected chi connectivity index (χ1v) is 9.21. The Hall–Kier alpha value is -1.59. The maximum absolute atomic E-state index is 12.5. The molecular formula is C19H27N3O2. The molecule has 4 heterocycles. The van der Waals surface area contributed by atoms with Crippen molar-refractivity contribution in [3.05, 3.63) is 29.8 Å². The van der Waals surface area contributed by atoms with Gasteiger partial charge < -0.3 is 20.3 Å². The summed E-state index contributed by atoms with van der Waals surface area (Å²) in [5.74, 6) is 1.53. The van der Waals surface area contributed by atoms with E-state index < -0.39 is 0 Å². The fraction of sp³-hybridized carbons (Fsp3) is 0.632. The largest absolute Gasteiger partial charge is 0.489 e. The number of nitrogens with zero attached hydrogens (tertiary/aromatic N) is 1. The molecule has 5 rings (SSSR count). The Morgan fingerprint density at radius 1 is 1.25 bits per heavy atom. The molecule has 3 atom stereocenters. The number of nitrogens with one attached hydrogen (secondary N) is 2. The van der Waals surface area contributed by atoms with Crippen LogP contribution >= 0.6 is 0 Å². The number of ether oxygens (including phenoxy) is 1. The van der Waals surface area contributed by atoms with Crippen molar-refractivity contribution in [2.24, 2.45) is 5.92 Å². The number of amides is 1. The molecule has 0 spiro atoms. The van der Waals surface area contributed by atoms with E-state index in [0.29, 0.717) is 18.0 Å². The van der Waals surface area contributed by atoms with Gasteiger partial charge in [-0.1, -0.05) is 0 Å². The molecule has 0 saturated carbocycles. The molecule has 1 aromatic carbocycles. The summed E-state index contributed by atoms with van der Waals surface area (Å²) in [6.45, 7) is 6.45. The maximum atomic E-state index is 12.5. The zero-order valence-electron chi connectivity index (χ0n) is 14.3. The average molecular weight is 329 g/mol. The van der Waals surface area contributed by atoms with Crippen LogP contribution in [-0.4, -0.2) is 55.2 Å². The Bertz CT molecular complexity index is 581. The van der Waals surface area contributed by atoms with Crippen LogP contribution in [0.25, 0.3) is 0 Å². The molecule has 5 heteroatoms. The van der Waals surface area contributed by atoms with Gasteiger partial charge in [-0.2, -0.15) is 0 Å². The monoisotopic (exact) mass is 329 g/mol. The van der Waals surface area contributed by atoms with Crippen molar-refractivity contribution in [1.29, 1.82) is 0 Å². The number of hydrogen-bond acceptors (Lipinski definition) is 4. The molecule has 4 aliphatic rings. The average Bonchev–Trinajstić information content (AvgIpc) is 3.01. The number of rotatable bonds is 4. The van der Waals surface area contributed by atoms with Gasteiger partial charge in [0, 0.05) is 37.2 Å². The Balaban J connectivity index is 1.33. The summed E-state index contributed by atoms with van der Waals surface area (Å²) in [6.07, 6.45) is 3.69. The van der Waals surface area contributed by atoms with Gasteiger partial charge >= 0.3 is 0 Å². The molecular weight excluding hydrogens is 302 g/mol. The van der Waals surface area contributed by atoms with Gasteiger partial charge in [-0.3, -0.25) is 4.79 Å². The van der Waals surface area contributed by atoms with Gasteiger partial charge in [-0.25, -0.2) is 0 Å². The lowest BCUT2D eigenvalue weighted by atomic mass is 9.84. The van der Waals surface area contributed by atoms with Crippen molar-refractivity contribution in [2.75, 3.05) is 26.2 Å². The van der Waals surface area contributed by atoms with E-state index in [2.05, 4.69) is 22.5 Å². The minimum absolute atomic E-state index is 0.0384. The number of benzene rings is 1. The molecule has 24 heavy (non-hydrogen) atoms. The maximum Gasteiger partial charge on any atom is 0.251 e. The molecule has 0 aliphatic carbocycles. The van der Waals surface area contributed by atoms with E-state index in [9.17, 15) is 4.79 Å². The zero-order chi connectivity index (χ0) is 16.5. The SMILES string of the molecule is CC1CC(Oc2ccc(C(=O)N[C@H]3CN4CCC3CC4)cc2)CN1. The second-order valence-electron chi connectivity index (χ2n) is 7.53. The molecule has 4 aliphatic heterocycles. The van der Waals surface area contributed by atoms with Crippen LogP contribution in [0.15, 0.2) is 24.3 Å². The second kappa shape index (κ2) is 6.73. The van der Waals surface area contributed by atoms with Gasteiger partial charge in [0.25, 0.3) is 5.91 Å². The third kappa shape index (κ3) is 3.42. The van der Waals surface area contributed by atoms with E-state index in [1.165, 1.54) is 25.9 Å². The third-order valence-electron chi connectivity index (χ3n) is 5.70. The van der Waals surface area contributed by atoms with Gasteiger partial charge in [-0.15, -0.1) is 0 Å². The van der Waals surface area contributed by atoms with Gasteiger partial charge in [-0.05, 0) is 63.0 Å². The molecule has 4 fully saturated rings. The molecule has 1 aromatic rings. The molecule has 2 N–H and O–H groups in total. The number of fused-ring (bicyclic) bond motifs is 3. The Kier molecular flexibility index (Phi) is 4.46. The fourth-order valence-corrected chi connectivity index (χ4v) is 4.24. The molecule has 2 bridgehead atoms. The summed E-state index contributed by atoms with van der Waals surface area (Å²) in [5.41, 5.74) is 0.719. The highest BCUT2D eigenvalue weighted by Gasteiger charge is 2.34. The van der Waals surface area contributed by atoms with Crippen LogP contribution in [0.5, 0.6) is 5.75 Å². The summed E-state index contributed by atoms with van der Waals surface area (Å²) in [4.78, 5) is 15.0. The highest BCUT2D eigenvalue weighted by Crippen LogP contribution is 2.27. The van der Waals surface area contributed by atoms with E-state index in [4.69, 9.17) is 4.74 Å². The molecule has 4 saturated heterocycles. The van der Waals surface area contributed by atoms with E-state index in [0.717, 1.165) is 30.8 Å². The first-order valence-electron chi connectivity index (χ1n) is 9.21. The van der Waals surface area contributed by atoms with Crippen molar-refractivity contribution < 1.29 is 9.53 Å². The Morgan fingerprint density at radius 2 is 2.00 bits per heavy atom. The molecule has 0 radical (unpaired) electrons. The van der Waals surface area contributed by atoms with E-state index in [1.807, 2.05) is 24.3 Å². The highest BCUT2D eigenvalue weighted by molar-refractivity contribution is 5.94. The van der Waals surface area contributed by atoms with Gasteiger partial charge in [0.05, 0.1) is 0 Å². The highest BCUT2D eigenvalue weighted by atomic mass is 16.5. The number of carbonyl (C=O) groups excluding carboxylic acids is 1. The summed E-state index contributed by atoms with van der Waals surface area (Å²) < 4.78 is 5.97. The Morgan fingerprint density at radius 3 is 2.58 bits per heavy atom. The summed E-state index contributed by atoms with van der Waals surface area (Å²) in [6, 6.07) is 8.39. The standard InChI is InChI=1S/C19H27N3O2/c1-13-10-17(11-20-13)24-16-4-2-15(3-5-16)19(23)21-18-12-22-8-6-14(18)7-9-22/h2-5,13-14,17-18,20H,6-12H2,1H3,(H,21,23)/t13?,17?,18-/m0/s1. The van der Waals surface area contributed by atoms with Crippen molar-refractivity contribution in [3.8, 4) is 5.75 Å². The van der Waals surface area contributed by atoms with Gasteiger partial charge in [0.15, 0.2) is 0 Å². The third-order valence-corrected chi connectivity index (χ3v) is 5.70. The number of hydrogen-bond donors (Lipinski definition) is 2. The lowest BCUT2D eigenvalue weighted by Gasteiger charge is -2.44. The molecule has 0 aromatic heterocycles. The predicted octanol–water partition coefficient (Wildman–Crippen LogP) is 1.64. The minimum atomic E-state index is 0.0384. The van der Waals surface area contributed by atoms with Crippen LogP contribution in [0.4, 0.5) is 0 Å². The van der Waals surface area contributed by atoms with Crippen molar-refractivity contribution in [2.45, 2.75) is 44.4 Å². The van der Waals surface area contributed by atoms with Crippen LogP contribution in [-0.2, 0) is 0 Å². The van der Waals surface area contributed by atoms with Crippen molar-refractivity contribution in [1.82, 2.24) is 15.5 Å². The van der Waals surface area contributed by atoms with E-state index in [-0.39, 0.29) is 12.0 Å². The van der Waals surface area contributed by atoms with Crippen LogP contribution in [0.1, 0.15) is 36.5 Å². The molecule has 1 amide bonds. The van der Waals surface area contributed by atoms with Crippen molar-refractivity contribution in [3.63, 3.8) is 0 Å². The number of piperidine rings is 3. The smallest absolute Gasteiger partial charge is 0.251 e. The second-order valence-corrected chi connectivity index (χ2v) is 7.53. The summed E-state index contributed by atoms with van der Waals surface area (Å²) >= 11 is 0. The topological polar surface area (TPSA) is 53.6 Å². The quantitative estimate of drug-likeness (QED) is 0.882. The first-order chi connectivity index (χ1) is 11.7. The summed E-state index contributed by atoms with van der Waals surface area (Å²) in [7, 11) is 0. The van der Waals surface area contributed by atoms with Gasteiger partial charge in [0.2, 0.25) is 0 Å². The zero-order valence-corrected chi connectivity index (χ0v) is 14.3. The van der Waals surface area contributed by atoms with E-state index >= 15 is 0 Å². The van der Waals surface area contributed by atoms with Crippen LogP contribution in [0, 0.1) is 5.92 Å². The predicted molar refractivity (Wildman–Crippen MR) is 93.4 cm³/mol. The van der Waals surface area contributed by atoms with Crippen LogP contribution < -0.4 is 15.4 Å². The molecule has 5 nitrogen and oxygen atoms in total. The van der Waals surface area contributed by atoms with E-state index in [1.54, 1.807) is 0 Å². The Labute approximate surface area is 143 Å². The first kappa shape index (κ1) is 15.9. The lowest BCUT2D eigenvalue weighted by molar-refractivity contribution is 0.0620. The molecule has 2 unspecified atom stereocenters. The summed E-state index contributed by atoms with van der Waals surface area (Å²) in [5, 5.41) is 6.62. The normalized spacial score (nSPS) is 35.0. The van der Waals surface area contributed by atoms with Crippen molar-refractivity contribution >= 4 is 5.91 Å². The number of carbonyl (C=O) groups is 1. The fourth-order valence-electron chi connectivity index (χ4n) is 4.24. The molecule has 130 valence electrons. The lowest BCUT2D eigenvalue weighted by Crippen LogP contribution is -2.57. The van der Waals surface area contributed by atoms with Crippen LogP contribution in [0.2, 0.25) is 0 Å².